The second kappa shape index (κ2) is 8.73. The van der Waals surface area contributed by atoms with E-state index in [-0.39, 0.29) is 24.3 Å². The molecule has 0 fully saturated rings. The van der Waals surface area contributed by atoms with Crippen LogP contribution >= 0.6 is 0 Å². The van der Waals surface area contributed by atoms with Crippen molar-refractivity contribution in [1.82, 2.24) is 4.72 Å². The predicted octanol–water partition coefficient (Wildman–Crippen LogP) is 2.91. The highest BCUT2D eigenvalue weighted by Crippen LogP contribution is 2.29. The lowest BCUT2D eigenvalue weighted by atomic mass is 10.1. The maximum atomic E-state index is 12.5. The van der Waals surface area contributed by atoms with Gasteiger partial charge in [-0.3, -0.25) is 0 Å². The highest BCUT2D eigenvalue weighted by atomic mass is 32.2. The van der Waals surface area contributed by atoms with Gasteiger partial charge in [0.05, 0.1) is 24.5 Å². The van der Waals surface area contributed by atoms with E-state index >= 15 is 0 Å². The van der Waals surface area contributed by atoms with Crippen molar-refractivity contribution in [1.29, 1.82) is 0 Å². The molecule has 148 valence electrons. The monoisotopic (exact) mass is 403 g/mol. The molecule has 27 heavy (non-hydrogen) atoms. The minimum atomic E-state index is -4.47. The van der Waals surface area contributed by atoms with Gasteiger partial charge in [-0.2, -0.15) is 13.2 Å². The van der Waals surface area contributed by atoms with E-state index < -0.39 is 27.9 Å². The third-order valence-corrected chi connectivity index (χ3v) is 5.29. The van der Waals surface area contributed by atoms with Crippen molar-refractivity contribution in [3.63, 3.8) is 0 Å². The fraction of sp³-hybridized carbons (Fsp3) is 0.333. The molecule has 0 aliphatic heterocycles. The summed E-state index contributed by atoms with van der Waals surface area (Å²) in [5.74, 6) is 0.485. The lowest BCUT2D eigenvalue weighted by Gasteiger charge is -2.14. The number of nitrogens with one attached hydrogen (secondary N) is 1. The van der Waals surface area contributed by atoms with E-state index in [0.29, 0.717) is 5.75 Å². The molecule has 0 aliphatic carbocycles. The molecular weight excluding hydrogens is 383 g/mol. The molecule has 5 nitrogen and oxygen atoms in total. The molecule has 2 aromatic carbocycles. The number of aliphatic hydroxyl groups excluding tert-OH is 1. The number of aliphatic hydroxyl groups is 1. The molecule has 1 unspecified atom stereocenters. The number of hydrogen-bond donors (Lipinski definition) is 2. The van der Waals surface area contributed by atoms with E-state index in [9.17, 15) is 26.7 Å². The summed E-state index contributed by atoms with van der Waals surface area (Å²) in [7, 11) is -2.12. The molecule has 0 heterocycles. The van der Waals surface area contributed by atoms with Crippen LogP contribution in [0.1, 0.15) is 22.8 Å². The first-order valence-electron chi connectivity index (χ1n) is 8.06. The van der Waals surface area contributed by atoms with Gasteiger partial charge in [-0.05, 0) is 41.8 Å². The summed E-state index contributed by atoms with van der Waals surface area (Å²) in [6.07, 6.45) is -5.44. The molecule has 9 heteroatoms. The average Bonchev–Trinajstić information content (AvgIpc) is 2.64. The van der Waals surface area contributed by atoms with Crippen molar-refractivity contribution >= 4 is 10.0 Å². The van der Waals surface area contributed by atoms with Gasteiger partial charge in [0.1, 0.15) is 5.75 Å². The van der Waals surface area contributed by atoms with Crippen LogP contribution in [-0.4, -0.2) is 32.9 Å². The summed E-state index contributed by atoms with van der Waals surface area (Å²) in [5.41, 5.74) is 0.170. The second-order valence-corrected chi connectivity index (χ2v) is 7.83. The summed E-state index contributed by atoms with van der Waals surface area (Å²) >= 11 is 0. The molecule has 2 aromatic rings. The second-order valence-electron chi connectivity index (χ2n) is 5.90. The zero-order valence-electron chi connectivity index (χ0n) is 14.5. The highest BCUT2D eigenvalue weighted by Gasteiger charge is 2.30. The smallest absolute Gasteiger partial charge is 0.416 e. The van der Waals surface area contributed by atoms with E-state index in [2.05, 4.69) is 4.72 Å². The Balaban J connectivity index is 1.87. The van der Waals surface area contributed by atoms with Crippen LogP contribution in [0.3, 0.4) is 0 Å². The number of methoxy groups -OCH3 is 1. The summed E-state index contributed by atoms with van der Waals surface area (Å²) in [4.78, 5) is 0. The molecule has 1 atom stereocenters. The van der Waals surface area contributed by atoms with Crippen LogP contribution in [0, 0.1) is 0 Å². The molecule has 0 spiro atoms. The number of ether oxygens (including phenoxy) is 1. The van der Waals surface area contributed by atoms with Crippen LogP contribution in [0.25, 0.3) is 0 Å². The predicted molar refractivity (Wildman–Crippen MR) is 94.9 cm³/mol. The Morgan fingerprint density at radius 3 is 2.19 bits per heavy atom. The average molecular weight is 403 g/mol. The molecule has 2 N–H and O–H groups in total. The van der Waals surface area contributed by atoms with Gasteiger partial charge in [0, 0.05) is 6.54 Å². The fourth-order valence-corrected chi connectivity index (χ4v) is 3.40. The van der Waals surface area contributed by atoms with E-state index in [1.54, 1.807) is 24.3 Å². The zero-order valence-corrected chi connectivity index (χ0v) is 15.3. The quantitative estimate of drug-likeness (QED) is 0.711. The first kappa shape index (κ1) is 21.2. The van der Waals surface area contributed by atoms with Gasteiger partial charge in [-0.25, -0.2) is 13.1 Å². The SMILES string of the molecule is COc1ccc(CCS(=O)(=O)NCC(O)c2ccc(C(F)(F)F)cc2)cc1. The van der Waals surface area contributed by atoms with Crippen LogP contribution < -0.4 is 9.46 Å². The number of rotatable bonds is 8. The van der Waals surface area contributed by atoms with Gasteiger partial charge in [0.25, 0.3) is 0 Å². The number of hydrogen-bond acceptors (Lipinski definition) is 4. The summed E-state index contributed by atoms with van der Waals surface area (Å²) in [6, 6.07) is 10.9. The standard InChI is InChI=1S/C18H20F3NO4S/c1-26-16-8-2-13(3-9-16)10-11-27(24,25)22-12-17(23)14-4-6-15(7-5-14)18(19,20)21/h2-9,17,22-23H,10-12H2,1H3. The van der Waals surface area contributed by atoms with Gasteiger partial charge in [0.15, 0.2) is 0 Å². The summed E-state index contributed by atoms with van der Waals surface area (Å²) in [5, 5.41) is 10.00. The molecule has 0 saturated carbocycles. The first-order valence-corrected chi connectivity index (χ1v) is 9.71. The lowest BCUT2D eigenvalue weighted by Crippen LogP contribution is -2.31. The van der Waals surface area contributed by atoms with Crippen LogP contribution in [0.5, 0.6) is 5.75 Å². The minimum Gasteiger partial charge on any atom is -0.497 e. The molecule has 0 aromatic heterocycles. The number of aryl methyl sites for hydroxylation is 1. The Labute approximate surface area is 155 Å². The Morgan fingerprint density at radius 2 is 1.67 bits per heavy atom. The Kier molecular flexibility index (Phi) is 6.85. The van der Waals surface area contributed by atoms with Crippen LogP contribution in [0.15, 0.2) is 48.5 Å². The third-order valence-electron chi connectivity index (χ3n) is 3.94. The van der Waals surface area contributed by atoms with Gasteiger partial charge in [-0.1, -0.05) is 24.3 Å². The van der Waals surface area contributed by atoms with Crippen molar-refractivity contribution in [2.45, 2.75) is 18.7 Å². The molecule has 0 saturated heterocycles. The van der Waals surface area contributed by atoms with Crippen LogP contribution in [-0.2, 0) is 22.6 Å². The number of sulfonamides is 1. The van der Waals surface area contributed by atoms with Gasteiger partial charge in [-0.15, -0.1) is 0 Å². The highest BCUT2D eigenvalue weighted by molar-refractivity contribution is 7.89. The van der Waals surface area contributed by atoms with Gasteiger partial charge >= 0.3 is 6.18 Å². The number of benzene rings is 2. The number of halogens is 3. The molecule has 0 radical (unpaired) electrons. The fourth-order valence-electron chi connectivity index (χ4n) is 2.33. The van der Waals surface area contributed by atoms with Crippen molar-refractivity contribution < 1.29 is 31.4 Å². The lowest BCUT2D eigenvalue weighted by molar-refractivity contribution is -0.137. The molecule has 0 bridgehead atoms. The van der Waals surface area contributed by atoms with Crippen molar-refractivity contribution in [2.24, 2.45) is 0 Å². The van der Waals surface area contributed by atoms with Crippen LogP contribution in [0.2, 0.25) is 0 Å². The summed E-state index contributed by atoms with van der Waals surface area (Å²) in [6.45, 7) is -0.323. The van der Waals surface area contributed by atoms with Crippen molar-refractivity contribution in [3.8, 4) is 5.75 Å². The van der Waals surface area contributed by atoms with E-state index in [0.717, 1.165) is 29.8 Å². The third kappa shape index (κ3) is 6.53. The van der Waals surface area contributed by atoms with E-state index in [4.69, 9.17) is 4.74 Å². The van der Waals surface area contributed by atoms with Crippen molar-refractivity contribution in [3.05, 3.63) is 65.2 Å². The minimum absolute atomic E-state index is 0.181. The Bertz CT molecular complexity index is 834. The van der Waals surface area contributed by atoms with E-state index in [1.165, 1.54) is 7.11 Å². The maximum absolute atomic E-state index is 12.5. The molecule has 0 aliphatic rings. The summed E-state index contributed by atoms with van der Waals surface area (Å²) < 4.78 is 69.0. The molecule has 2 rings (SSSR count). The van der Waals surface area contributed by atoms with Crippen LogP contribution in [0.4, 0.5) is 13.2 Å². The number of alkyl halides is 3. The maximum Gasteiger partial charge on any atom is 0.416 e. The van der Waals surface area contributed by atoms with E-state index in [1.807, 2.05) is 0 Å². The zero-order chi connectivity index (χ0) is 20.1. The van der Waals surface area contributed by atoms with Crippen molar-refractivity contribution in [2.75, 3.05) is 19.4 Å². The Morgan fingerprint density at radius 1 is 1.07 bits per heavy atom. The Hall–Kier alpha value is -2.10. The largest absolute Gasteiger partial charge is 0.497 e. The first-order chi connectivity index (χ1) is 12.6. The normalized spacial score (nSPS) is 13.4. The van der Waals surface area contributed by atoms with Gasteiger partial charge in [0.2, 0.25) is 10.0 Å². The molecular formula is C18H20F3NO4S. The molecule has 0 amide bonds. The topological polar surface area (TPSA) is 75.6 Å². The van der Waals surface area contributed by atoms with Gasteiger partial charge < -0.3 is 9.84 Å².